The van der Waals surface area contributed by atoms with Gasteiger partial charge in [0.05, 0.1) is 0 Å². The van der Waals surface area contributed by atoms with Gasteiger partial charge in [0.15, 0.2) is 0 Å². The van der Waals surface area contributed by atoms with Crippen molar-refractivity contribution in [3.63, 3.8) is 0 Å². The summed E-state index contributed by atoms with van der Waals surface area (Å²) in [5.41, 5.74) is -2.37. The number of aromatic hydroxyl groups is 1. The minimum atomic E-state index is -3.43. The lowest BCUT2D eigenvalue weighted by atomic mass is 9.76. The molecule has 0 aliphatic heterocycles. The third-order valence-corrected chi connectivity index (χ3v) is 3.70. The average Bonchev–Trinajstić information content (AvgIpc) is 2.80. The van der Waals surface area contributed by atoms with Crippen LogP contribution < -0.4 is 0 Å². The Morgan fingerprint density at radius 1 is 1.17 bits per heavy atom. The second kappa shape index (κ2) is 4.23. The van der Waals surface area contributed by atoms with Crippen LogP contribution in [0.25, 0.3) is 0 Å². The average molecular weight is 256 g/mol. The van der Waals surface area contributed by atoms with E-state index < -0.39 is 17.3 Å². The Morgan fingerprint density at radius 3 is 2.11 bits per heavy atom. The largest absolute Gasteiger partial charge is 0.508 e. The molecule has 0 radical (unpaired) electrons. The molecule has 0 spiro atoms. The van der Waals surface area contributed by atoms with Gasteiger partial charge in [-0.05, 0) is 37.1 Å². The number of carbonyl (C=O) groups is 1. The number of halogens is 2. The van der Waals surface area contributed by atoms with Gasteiger partial charge in [-0.2, -0.15) is 0 Å². The van der Waals surface area contributed by atoms with E-state index in [-0.39, 0.29) is 24.2 Å². The summed E-state index contributed by atoms with van der Waals surface area (Å²) in [4.78, 5) is 11.3. The molecule has 1 aliphatic carbocycles. The fraction of sp³-hybridized carbons (Fsp3) is 0.462. The molecule has 0 unspecified atom stereocenters. The molecule has 0 bridgehead atoms. The van der Waals surface area contributed by atoms with Crippen molar-refractivity contribution in [1.29, 1.82) is 0 Å². The number of alkyl halides is 2. The maximum absolute atomic E-state index is 14.4. The minimum Gasteiger partial charge on any atom is -0.508 e. The molecule has 98 valence electrons. The van der Waals surface area contributed by atoms with E-state index in [1.54, 1.807) is 0 Å². The summed E-state index contributed by atoms with van der Waals surface area (Å²) in [6.07, 6.45) is 0.965. The lowest BCUT2D eigenvalue weighted by molar-refractivity contribution is -0.181. The molecule has 0 atom stereocenters. The van der Waals surface area contributed by atoms with E-state index in [1.807, 2.05) is 0 Å². The number of benzene rings is 1. The highest BCUT2D eigenvalue weighted by molar-refractivity contribution is 5.77. The molecule has 0 heterocycles. The number of rotatable bonds is 3. The van der Waals surface area contributed by atoms with E-state index in [0.717, 1.165) is 24.3 Å². The topological polar surface area (TPSA) is 57.5 Å². The Hall–Kier alpha value is -1.65. The minimum absolute atomic E-state index is 0.0176. The number of carboxylic acids is 1. The van der Waals surface area contributed by atoms with E-state index in [4.69, 9.17) is 5.11 Å². The molecule has 1 saturated carbocycles. The van der Waals surface area contributed by atoms with Gasteiger partial charge in [-0.25, -0.2) is 8.78 Å². The quantitative estimate of drug-likeness (QED) is 0.873. The monoisotopic (exact) mass is 256 g/mol. The third kappa shape index (κ3) is 1.74. The van der Waals surface area contributed by atoms with Crippen molar-refractivity contribution in [2.75, 3.05) is 0 Å². The van der Waals surface area contributed by atoms with Crippen molar-refractivity contribution in [2.24, 2.45) is 5.41 Å². The van der Waals surface area contributed by atoms with Crippen molar-refractivity contribution >= 4 is 5.97 Å². The third-order valence-electron chi connectivity index (χ3n) is 3.70. The fourth-order valence-corrected chi connectivity index (χ4v) is 2.59. The van der Waals surface area contributed by atoms with E-state index in [2.05, 4.69) is 0 Å². The first-order chi connectivity index (χ1) is 8.40. The number of phenols is 1. The van der Waals surface area contributed by atoms with Crippen molar-refractivity contribution < 1.29 is 23.8 Å². The summed E-state index contributed by atoms with van der Waals surface area (Å²) in [5.74, 6) is -4.99. The van der Waals surface area contributed by atoms with Gasteiger partial charge in [0.25, 0.3) is 5.92 Å². The van der Waals surface area contributed by atoms with Crippen LogP contribution in [-0.4, -0.2) is 16.2 Å². The summed E-state index contributed by atoms with van der Waals surface area (Å²) in [5, 5.41) is 18.3. The second-order valence-corrected chi connectivity index (χ2v) is 4.72. The van der Waals surface area contributed by atoms with Gasteiger partial charge >= 0.3 is 5.97 Å². The zero-order chi connectivity index (χ0) is 13.4. The molecule has 1 aromatic rings. The molecule has 0 amide bonds. The van der Waals surface area contributed by atoms with E-state index in [0.29, 0.717) is 12.8 Å². The van der Waals surface area contributed by atoms with E-state index >= 15 is 0 Å². The second-order valence-electron chi connectivity index (χ2n) is 4.72. The van der Waals surface area contributed by atoms with Gasteiger partial charge in [-0.15, -0.1) is 0 Å². The van der Waals surface area contributed by atoms with Crippen LogP contribution in [0.2, 0.25) is 0 Å². The molecule has 1 aliphatic rings. The lowest BCUT2D eigenvalue weighted by Gasteiger charge is -2.33. The first-order valence-corrected chi connectivity index (χ1v) is 5.81. The van der Waals surface area contributed by atoms with Gasteiger partial charge in [0.2, 0.25) is 0 Å². The van der Waals surface area contributed by atoms with Crippen LogP contribution in [0.1, 0.15) is 31.2 Å². The SMILES string of the molecule is O=C(O)C1(C(F)(F)c2ccc(O)cc2)CCCC1. The fourth-order valence-electron chi connectivity index (χ4n) is 2.59. The van der Waals surface area contributed by atoms with Gasteiger partial charge in [-0.1, -0.05) is 12.8 Å². The van der Waals surface area contributed by atoms with Crippen LogP contribution in [0.15, 0.2) is 24.3 Å². The Bertz CT molecular complexity index is 448. The summed E-state index contributed by atoms with van der Waals surface area (Å²) >= 11 is 0. The molecular formula is C13H14F2O3. The van der Waals surface area contributed by atoms with Crippen LogP contribution in [-0.2, 0) is 10.7 Å². The smallest absolute Gasteiger partial charge is 0.316 e. The van der Waals surface area contributed by atoms with Crippen molar-refractivity contribution in [3.05, 3.63) is 29.8 Å². The maximum Gasteiger partial charge on any atom is 0.316 e. The molecule has 0 saturated heterocycles. The molecule has 1 aromatic carbocycles. The van der Waals surface area contributed by atoms with Crippen molar-refractivity contribution in [2.45, 2.75) is 31.6 Å². The molecule has 5 heteroatoms. The number of hydrogen-bond acceptors (Lipinski definition) is 2. The Labute approximate surface area is 103 Å². The predicted octanol–water partition coefficient (Wildman–Crippen LogP) is 3.13. The lowest BCUT2D eigenvalue weighted by Crippen LogP contribution is -2.43. The molecular weight excluding hydrogens is 242 g/mol. The zero-order valence-electron chi connectivity index (χ0n) is 9.70. The molecule has 0 aromatic heterocycles. The number of aliphatic carboxylic acids is 1. The van der Waals surface area contributed by atoms with Gasteiger partial charge in [-0.3, -0.25) is 4.79 Å². The van der Waals surface area contributed by atoms with Crippen molar-refractivity contribution in [1.82, 2.24) is 0 Å². The highest BCUT2D eigenvalue weighted by Gasteiger charge is 2.61. The molecule has 18 heavy (non-hydrogen) atoms. The summed E-state index contributed by atoms with van der Waals surface area (Å²) in [6, 6.07) is 4.46. The Kier molecular flexibility index (Phi) is 3.00. The molecule has 1 fully saturated rings. The first-order valence-electron chi connectivity index (χ1n) is 5.81. The van der Waals surface area contributed by atoms with Gasteiger partial charge in [0, 0.05) is 5.56 Å². The van der Waals surface area contributed by atoms with Crippen LogP contribution in [0.3, 0.4) is 0 Å². The van der Waals surface area contributed by atoms with Crippen LogP contribution in [0.4, 0.5) is 8.78 Å². The number of hydrogen-bond donors (Lipinski definition) is 2. The van der Waals surface area contributed by atoms with E-state index in [9.17, 15) is 18.7 Å². The normalized spacial score (nSPS) is 18.8. The first kappa shape index (κ1) is 12.8. The van der Waals surface area contributed by atoms with E-state index in [1.165, 1.54) is 0 Å². The maximum atomic E-state index is 14.4. The summed E-state index contributed by atoms with van der Waals surface area (Å²) in [7, 11) is 0. The highest BCUT2D eigenvalue weighted by Crippen LogP contribution is 2.55. The Morgan fingerprint density at radius 2 is 1.67 bits per heavy atom. The molecule has 2 rings (SSSR count). The standard InChI is InChI=1S/C13H14F2O3/c14-13(15,9-3-5-10(16)6-4-9)12(11(17)18)7-1-2-8-12/h3-6,16H,1-2,7-8H2,(H,17,18). The number of carboxylic acid groups (broad SMARTS) is 1. The van der Waals surface area contributed by atoms with Crippen molar-refractivity contribution in [3.8, 4) is 5.75 Å². The van der Waals surface area contributed by atoms with Crippen LogP contribution in [0, 0.1) is 5.41 Å². The van der Waals surface area contributed by atoms with Gasteiger partial charge in [0.1, 0.15) is 11.2 Å². The Balaban J connectivity index is 2.45. The molecule has 2 N–H and O–H groups in total. The summed E-state index contributed by atoms with van der Waals surface area (Å²) in [6.45, 7) is 0. The van der Waals surface area contributed by atoms with Gasteiger partial charge < -0.3 is 10.2 Å². The highest BCUT2D eigenvalue weighted by atomic mass is 19.3. The predicted molar refractivity (Wildman–Crippen MR) is 60.5 cm³/mol. The molecule has 3 nitrogen and oxygen atoms in total. The van der Waals surface area contributed by atoms with Crippen LogP contribution in [0.5, 0.6) is 5.75 Å². The number of phenolic OH excluding ortho intramolecular Hbond substituents is 1. The summed E-state index contributed by atoms with van der Waals surface area (Å²) < 4.78 is 28.9. The zero-order valence-corrected chi connectivity index (χ0v) is 9.70. The van der Waals surface area contributed by atoms with Crippen LogP contribution >= 0.6 is 0 Å².